The number of nitrogens with one attached hydrogen (secondary N) is 1. The highest BCUT2D eigenvalue weighted by atomic mass is 16.5. The first-order chi connectivity index (χ1) is 9.67. The first kappa shape index (κ1) is 14.4. The molecule has 1 aliphatic heterocycles. The molecule has 1 N–H and O–H groups in total. The first-order valence-corrected chi connectivity index (χ1v) is 6.87. The van der Waals surface area contributed by atoms with Crippen LogP contribution in [0.25, 0.3) is 0 Å². The van der Waals surface area contributed by atoms with Crippen LogP contribution in [0.2, 0.25) is 0 Å². The van der Waals surface area contributed by atoms with E-state index in [0.29, 0.717) is 25.1 Å². The van der Waals surface area contributed by atoms with Gasteiger partial charge in [-0.25, -0.2) is 0 Å². The molecule has 0 bridgehead atoms. The van der Waals surface area contributed by atoms with Crippen molar-refractivity contribution in [1.29, 1.82) is 0 Å². The van der Waals surface area contributed by atoms with E-state index in [1.807, 2.05) is 31.2 Å². The van der Waals surface area contributed by atoms with Gasteiger partial charge >= 0.3 is 5.97 Å². The standard InChI is InChI=1S/C15H20N2O3/c1-3-16-13-7-5-4-6-12(13)14(18)17-9-8-11(10-17)15(19)20-2/h4-7,11,16H,3,8-10H2,1-2H3. The minimum Gasteiger partial charge on any atom is -0.469 e. The fraction of sp³-hybridized carbons (Fsp3) is 0.467. The van der Waals surface area contributed by atoms with Crippen molar-refractivity contribution in [3.05, 3.63) is 29.8 Å². The fourth-order valence-electron chi connectivity index (χ4n) is 2.49. The summed E-state index contributed by atoms with van der Waals surface area (Å²) in [6.07, 6.45) is 0.668. The number of amides is 1. The van der Waals surface area contributed by atoms with Gasteiger partial charge in [0, 0.05) is 25.3 Å². The number of esters is 1. The Balaban J connectivity index is 2.11. The number of carbonyl (C=O) groups is 2. The molecule has 5 heteroatoms. The fourth-order valence-corrected chi connectivity index (χ4v) is 2.49. The van der Waals surface area contributed by atoms with Crippen molar-refractivity contribution in [3.63, 3.8) is 0 Å². The molecule has 1 aromatic rings. The summed E-state index contributed by atoms with van der Waals surface area (Å²) in [6, 6.07) is 7.45. The second kappa shape index (κ2) is 6.41. The number of hydrogen-bond donors (Lipinski definition) is 1. The lowest BCUT2D eigenvalue weighted by molar-refractivity contribution is -0.144. The second-order valence-electron chi connectivity index (χ2n) is 4.84. The zero-order valence-corrected chi connectivity index (χ0v) is 11.9. The van der Waals surface area contributed by atoms with Crippen LogP contribution in [-0.2, 0) is 9.53 Å². The number of likely N-dealkylation sites (tertiary alicyclic amines) is 1. The summed E-state index contributed by atoms with van der Waals surface area (Å²) < 4.78 is 4.74. The Bertz CT molecular complexity index is 502. The van der Waals surface area contributed by atoms with Crippen LogP contribution in [-0.4, -0.2) is 43.5 Å². The maximum absolute atomic E-state index is 12.5. The number of anilines is 1. The van der Waals surface area contributed by atoms with Crippen LogP contribution in [0.4, 0.5) is 5.69 Å². The predicted molar refractivity (Wildman–Crippen MR) is 76.6 cm³/mol. The van der Waals surface area contributed by atoms with E-state index in [9.17, 15) is 9.59 Å². The molecule has 2 rings (SSSR count). The summed E-state index contributed by atoms with van der Waals surface area (Å²) in [5.41, 5.74) is 1.49. The molecular formula is C15H20N2O3. The minimum atomic E-state index is -0.236. The van der Waals surface area contributed by atoms with E-state index in [-0.39, 0.29) is 17.8 Å². The van der Waals surface area contributed by atoms with E-state index in [4.69, 9.17) is 4.74 Å². The van der Waals surface area contributed by atoms with Gasteiger partial charge in [-0.05, 0) is 25.5 Å². The normalized spacial score (nSPS) is 17.9. The molecule has 0 aliphatic carbocycles. The van der Waals surface area contributed by atoms with Gasteiger partial charge in [0.15, 0.2) is 0 Å². The molecule has 20 heavy (non-hydrogen) atoms. The van der Waals surface area contributed by atoms with Crippen LogP contribution >= 0.6 is 0 Å². The summed E-state index contributed by atoms with van der Waals surface area (Å²) in [5.74, 6) is -0.469. The minimum absolute atomic E-state index is 0.0343. The molecule has 1 unspecified atom stereocenters. The Kier molecular flexibility index (Phi) is 4.61. The number of carbonyl (C=O) groups excluding carboxylic acids is 2. The number of para-hydroxylation sites is 1. The molecule has 1 aliphatic rings. The summed E-state index contributed by atoms with van der Waals surface area (Å²) in [6.45, 7) is 3.78. The Labute approximate surface area is 118 Å². The molecule has 0 saturated carbocycles. The number of ether oxygens (including phenoxy) is 1. The van der Waals surface area contributed by atoms with Crippen molar-refractivity contribution in [3.8, 4) is 0 Å². The molecule has 1 amide bonds. The molecule has 0 radical (unpaired) electrons. The Morgan fingerprint density at radius 2 is 2.15 bits per heavy atom. The van der Waals surface area contributed by atoms with Crippen LogP contribution in [0.3, 0.4) is 0 Å². The van der Waals surface area contributed by atoms with E-state index in [2.05, 4.69) is 5.32 Å². The van der Waals surface area contributed by atoms with Crippen molar-refractivity contribution in [2.45, 2.75) is 13.3 Å². The quantitative estimate of drug-likeness (QED) is 0.851. The van der Waals surface area contributed by atoms with Gasteiger partial charge in [-0.15, -0.1) is 0 Å². The molecule has 1 fully saturated rings. The maximum Gasteiger partial charge on any atom is 0.310 e. The summed E-state index contributed by atoms with van der Waals surface area (Å²) in [5, 5.41) is 3.19. The number of hydrogen-bond acceptors (Lipinski definition) is 4. The second-order valence-corrected chi connectivity index (χ2v) is 4.84. The number of benzene rings is 1. The molecule has 1 saturated heterocycles. The van der Waals surface area contributed by atoms with Crippen molar-refractivity contribution in [1.82, 2.24) is 4.90 Å². The summed E-state index contributed by atoms with van der Waals surface area (Å²) >= 11 is 0. The zero-order chi connectivity index (χ0) is 14.5. The van der Waals surface area contributed by atoms with Crippen LogP contribution in [0, 0.1) is 5.92 Å². The summed E-state index contributed by atoms with van der Waals surface area (Å²) in [7, 11) is 1.38. The third kappa shape index (κ3) is 2.92. The highest BCUT2D eigenvalue weighted by Crippen LogP contribution is 2.23. The van der Waals surface area contributed by atoms with Gasteiger partial charge in [-0.2, -0.15) is 0 Å². The smallest absolute Gasteiger partial charge is 0.310 e. The zero-order valence-electron chi connectivity index (χ0n) is 11.9. The van der Waals surface area contributed by atoms with Crippen molar-refractivity contribution < 1.29 is 14.3 Å². The Morgan fingerprint density at radius 1 is 1.40 bits per heavy atom. The Morgan fingerprint density at radius 3 is 2.85 bits per heavy atom. The highest BCUT2D eigenvalue weighted by Gasteiger charge is 2.32. The molecule has 1 aromatic carbocycles. The van der Waals surface area contributed by atoms with Crippen molar-refractivity contribution in [2.24, 2.45) is 5.92 Å². The monoisotopic (exact) mass is 276 g/mol. The van der Waals surface area contributed by atoms with E-state index < -0.39 is 0 Å². The van der Waals surface area contributed by atoms with Crippen molar-refractivity contribution >= 4 is 17.6 Å². The summed E-state index contributed by atoms with van der Waals surface area (Å²) in [4.78, 5) is 25.8. The predicted octanol–water partition coefficient (Wildman–Crippen LogP) is 1.75. The van der Waals surface area contributed by atoms with Gasteiger partial charge in [-0.1, -0.05) is 12.1 Å². The molecule has 1 heterocycles. The SMILES string of the molecule is CCNc1ccccc1C(=O)N1CCC(C(=O)OC)C1. The number of rotatable bonds is 4. The number of nitrogens with zero attached hydrogens (tertiary/aromatic N) is 1. The highest BCUT2D eigenvalue weighted by molar-refractivity contribution is 6.00. The molecular weight excluding hydrogens is 256 g/mol. The van der Waals surface area contributed by atoms with E-state index >= 15 is 0 Å². The molecule has 5 nitrogen and oxygen atoms in total. The lowest BCUT2D eigenvalue weighted by atomic mass is 10.1. The third-order valence-electron chi connectivity index (χ3n) is 3.53. The van der Waals surface area contributed by atoms with Crippen LogP contribution < -0.4 is 5.32 Å². The molecule has 0 spiro atoms. The largest absolute Gasteiger partial charge is 0.469 e. The Hall–Kier alpha value is -2.04. The van der Waals surface area contributed by atoms with Gasteiger partial charge in [-0.3, -0.25) is 9.59 Å². The lowest BCUT2D eigenvalue weighted by Crippen LogP contribution is -2.30. The molecule has 0 aromatic heterocycles. The first-order valence-electron chi connectivity index (χ1n) is 6.87. The van der Waals surface area contributed by atoms with Gasteiger partial charge < -0.3 is 15.0 Å². The van der Waals surface area contributed by atoms with E-state index in [1.165, 1.54) is 7.11 Å². The average molecular weight is 276 g/mol. The molecule has 1 atom stereocenters. The van der Waals surface area contributed by atoms with Gasteiger partial charge in [0.25, 0.3) is 5.91 Å². The number of methoxy groups -OCH3 is 1. The van der Waals surface area contributed by atoms with Crippen molar-refractivity contribution in [2.75, 3.05) is 32.1 Å². The average Bonchev–Trinajstić information content (AvgIpc) is 2.96. The van der Waals surface area contributed by atoms with Crippen LogP contribution in [0.15, 0.2) is 24.3 Å². The topological polar surface area (TPSA) is 58.6 Å². The third-order valence-corrected chi connectivity index (χ3v) is 3.53. The van der Waals surface area contributed by atoms with Gasteiger partial charge in [0.05, 0.1) is 18.6 Å². The van der Waals surface area contributed by atoms with Crippen LogP contribution in [0.5, 0.6) is 0 Å². The maximum atomic E-state index is 12.5. The van der Waals surface area contributed by atoms with Crippen LogP contribution in [0.1, 0.15) is 23.7 Å². The van der Waals surface area contributed by atoms with Gasteiger partial charge in [0.1, 0.15) is 0 Å². The van der Waals surface area contributed by atoms with E-state index in [0.717, 1.165) is 12.2 Å². The van der Waals surface area contributed by atoms with Gasteiger partial charge in [0.2, 0.25) is 0 Å². The lowest BCUT2D eigenvalue weighted by Gasteiger charge is -2.18. The molecule has 108 valence electrons. The van der Waals surface area contributed by atoms with E-state index in [1.54, 1.807) is 4.90 Å².